The van der Waals surface area contributed by atoms with Gasteiger partial charge in [0, 0.05) is 44.5 Å². The summed E-state index contributed by atoms with van der Waals surface area (Å²) in [5, 5.41) is 10.1. The molecule has 140 valence electrons. The van der Waals surface area contributed by atoms with E-state index >= 15 is 0 Å². The van der Waals surface area contributed by atoms with E-state index in [9.17, 15) is 4.79 Å². The Kier molecular flexibility index (Phi) is 7.97. The second-order valence-electron chi connectivity index (χ2n) is 5.94. The molecule has 1 aliphatic heterocycles. The van der Waals surface area contributed by atoms with Crippen LogP contribution in [0.3, 0.4) is 0 Å². The molecule has 1 aliphatic rings. The number of likely N-dealkylation sites (tertiary alicyclic amines) is 1. The van der Waals surface area contributed by atoms with Gasteiger partial charge in [0.25, 0.3) is 0 Å². The van der Waals surface area contributed by atoms with Gasteiger partial charge in [0.15, 0.2) is 5.96 Å². The minimum atomic E-state index is -0.210. The number of piperidine rings is 1. The molecule has 0 spiro atoms. The maximum Gasteiger partial charge on any atom is 0.409 e. The van der Waals surface area contributed by atoms with Gasteiger partial charge in [0.05, 0.1) is 17.3 Å². The summed E-state index contributed by atoms with van der Waals surface area (Å²) in [6.07, 6.45) is 3.46. The first-order valence-corrected chi connectivity index (χ1v) is 9.86. The Balaban J connectivity index is 1.69. The molecule has 0 unspecified atom stereocenters. The number of carbonyl (C=O) groups is 1. The van der Waals surface area contributed by atoms with Gasteiger partial charge >= 0.3 is 6.09 Å². The van der Waals surface area contributed by atoms with Crippen LogP contribution in [0.2, 0.25) is 0 Å². The predicted molar refractivity (Wildman–Crippen MR) is 101 cm³/mol. The zero-order chi connectivity index (χ0) is 18.1. The lowest BCUT2D eigenvalue weighted by Crippen LogP contribution is -2.50. The number of hydrogen-bond donors (Lipinski definition) is 2. The Bertz CT molecular complexity index is 567. The SMILES string of the molecule is CCOC(=O)N1CCC(NC(=NC)NCCc2csc(CC)n2)CC1. The summed E-state index contributed by atoms with van der Waals surface area (Å²) < 4.78 is 5.05. The number of aryl methyl sites for hydroxylation is 1. The van der Waals surface area contributed by atoms with Gasteiger partial charge in [-0.15, -0.1) is 11.3 Å². The van der Waals surface area contributed by atoms with Crippen molar-refractivity contribution in [2.24, 2.45) is 4.99 Å². The van der Waals surface area contributed by atoms with Crippen LogP contribution in [-0.2, 0) is 17.6 Å². The summed E-state index contributed by atoms with van der Waals surface area (Å²) >= 11 is 1.72. The topological polar surface area (TPSA) is 78.8 Å². The van der Waals surface area contributed by atoms with Crippen LogP contribution in [0.15, 0.2) is 10.4 Å². The highest BCUT2D eigenvalue weighted by Gasteiger charge is 2.23. The fourth-order valence-corrected chi connectivity index (χ4v) is 3.52. The van der Waals surface area contributed by atoms with Crippen LogP contribution in [0, 0.1) is 0 Å². The lowest BCUT2D eigenvalue weighted by molar-refractivity contribution is 0.0963. The number of amides is 1. The quantitative estimate of drug-likeness (QED) is 0.594. The average molecular weight is 368 g/mol. The fraction of sp³-hybridized carbons (Fsp3) is 0.706. The number of rotatable bonds is 6. The summed E-state index contributed by atoms with van der Waals surface area (Å²) in [7, 11) is 1.78. The number of aromatic nitrogens is 1. The number of nitrogens with one attached hydrogen (secondary N) is 2. The first kappa shape index (κ1) is 19.5. The molecule has 1 fully saturated rings. The van der Waals surface area contributed by atoms with Crippen LogP contribution in [-0.4, -0.2) is 61.3 Å². The van der Waals surface area contributed by atoms with E-state index in [-0.39, 0.29) is 6.09 Å². The number of thiazole rings is 1. The van der Waals surface area contributed by atoms with Gasteiger partial charge in [-0.05, 0) is 26.2 Å². The number of guanidine groups is 1. The highest BCUT2D eigenvalue weighted by Crippen LogP contribution is 2.12. The lowest BCUT2D eigenvalue weighted by Gasteiger charge is -2.32. The number of carbonyl (C=O) groups excluding carboxylic acids is 1. The van der Waals surface area contributed by atoms with Crippen LogP contribution in [0.1, 0.15) is 37.4 Å². The molecule has 1 aromatic heterocycles. The molecule has 2 rings (SSSR count). The Morgan fingerprint density at radius 2 is 2.20 bits per heavy atom. The molecule has 1 saturated heterocycles. The van der Waals surface area contributed by atoms with Crippen LogP contribution in [0.5, 0.6) is 0 Å². The number of nitrogens with zero attached hydrogens (tertiary/aromatic N) is 3. The first-order valence-electron chi connectivity index (χ1n) is 8.98. The lowest BCUT2D eigenvalue weighted by atomic mass is 10.1. The molecule has 0 bridgehead atoms. The minimum Gasteiger partial charge on any atom is -0.450 e. The minimum absolute atomic E-state index is 0.210. The highest BCUT2D eigenvalue weighted by molar-refractivity contribution is 7.09. The van der Waals surface area contributed by atoms with Gasteiger partial charge < -0.3 is 20.3 Å². The molecule has 0 saturated carbocycles. The Hall–Kier alpha value is -1.83. The molecule has 8 heteroatoms. The molecular weight excluding hydrogens is 338 g/mol. The maximum absolute atomic E-state index is 11.7. The van der Waals surface area contributed by atoms with Gasteiger partial charge in [0.2, 0.25) is 0 Å². The zero-order valence-corrected chi connectivity index (χ0v) is 16.2. The standard InChI is InChI=1S/C17H29N5O2S/c1-4-15-20-14(12-25-15)6-9-19-16(18-3)21-13-7-10-22(11-8-13)17(23)24-5-2/h12-13H,4-11H2,1-3H3,(H2,18,19,21). The van der Waals surface area contributed by atoms with Crippen molar-refractivity contribution < 1.29 is 9.53 Å². The van der Waals surface area contributed by atoms with E-state index in [4.69, 9.17) is 4.74 Å². The molecule has 25 heavy (non-hydrogen) atoms. The smallest absolute Gasteiger partial charge is 0.409 e. The van der Waals surface area contributed by atoms with Gasteiger partial charge in [-0.25, -0.2) is 9.78 Å². The van der Waals surface area contributed by atoms with Crippen LogP contribution in [0.25, 0.3) is 0 Å². The van der Waals surface area contributed by atoms with Crippen molar-refractivity contribution in [2.75, 3.05) is 33.3 Å². The molecule has 2 N–H and O–H groups in total. The molecular formula is C17H29N5O2S. The fourth-order valence-electron chi connectivity index (χ4n) is 2.74. The van der Waals surface area contributed by atoms with E-state index in [1.54, 1.807) is 23.3 Å². The van der Waals surface area contributed by atoms with Gasteiger partial charge in [-0.1, -0.05) is 6.92 Å². The summed E-state index contributed by atoms with van der Waals surface area (Å²) in [4.78, 5) is 22.4. The zero-order valence-electron chi connectivity index (χ0n) is 15.4. The second kappa shape index (κ2) is 10.2. The third-order valence-corrected chi connectivity index (χ3v) is 5.20. The maximum atomic E-state index is 11.7. The Morgan fingerprint density at radius 3 is 2.80 bits per heavy atom. The van der Waals surface area contributed by atoms with Crippen molar-refractivity contribution >= 4 is 23.4 Å². The Morgan fingerprint density at radius 1 is 1.44 bits per heavy atom. The third-order valence-electron chi connectivity index (χ3n) is 4.16. The Labute approximate surface area is 153 Å². The largest absolute Gasteiger partial charge is 0.450 e. The molecule has 0 radical (unpaired) electrons. The van der Waals surface area contributed by atoms with E-state index in [2.05, 4.69) is 32.9 Å². The summed E-state index contributed by atoms with van der Waals surface area (Å²) in [6.45, 7) is 6.61. The molecule has 1 aromatic rings. The van der Waals surface area contributed by atoms with Gasteiger partial charge in [-0.2, -0.15) is 0 Å². The van der Waals surface area contributed by atoms with Gasteiger partial charge in [0.1, 0.15) is 0 Å². The monoisotopic (exact) mass is 367 g/mol. The van der Waals surface area contributed by atoms with Crippen LogP contribution < -0.4 is 10.6 Å². The molecule has 0 aliphatic carbocycles. The average Bonchev–Trinajstić information content (AvgIpc) is 3.09. The normalized spacial score (nSPS) is 16.0. The molecule has 2 heterocycles. The highest BCUT2D eigenvalue weighted by atomic mass is 32.1. The first-order chi connectivity index (χ1) is 12.2. The predicted octanol–water partition coefficient (Wildman–Crippen LogP) is 2.03. The van der Waals surface area contributed by atoms with Crippen molar-refractivity contribution in [1.29, 1.82) is 0 Å². The summed E-state index contributed by atoms with van der Waals surface area (Å²) in [5.41, 5.74) is 1.13. The van der Waals surface area contributed by atoms with Crippen LogP contribution >= 0.6 is 11.3 Å². The van der Waals surface area contributed by atoms with Gasteiger partial charge in [-0.3, -0.25) is 4.99 Å². The van der Waals surface area contributed by atoms with Crippen molar-refractivity contribution in [3.05, 3.63) is 16.1 Å². The van der Waals surface area contributed by atoms with E-state index in [0.717, 1.165) is 43.9 Å². The second-order valence-corrected chi connectivity index (χ2v) is 6.88. The van der Waals surface area contributed by atoms with Crippen molar-refractivity contribution in [2.45, 2.75) is 45.6 Å². The summed E-state index contributed by atoms with van der Waals surface area (Å²) in [5.74, 6) is 0.806. The van der Waals surface area contributed by atoms with Crippen molar-refractivity contribution in [3.63, 3.8) is 0 Å². The molecule has 1 amide bonds. The van der Waals surface area contributed by atoms with E-state index in [1.165, 1.54) is 5.01 Å². The third kappa shape index (κ3) is 6.19. The number of ether oxygens (including phenoxy) is 1. The van der Waals surface area contributed by atoms with E-state index in [1.807, 2.05) is 6.92 Å². The number of hydrogen-bond acceptors (Lipinski definition) is 5. The molecule has 0 aromatic carbocycles. The molecule has 7 nitrogen and oxygen atoms in total. The van der Waals surface area contributed by atoms with E-state index in [0.29, 0.717) is 25.7 Å². The number of aliphatic imine (C=N–C) groups is 1. The van der Waals surface area contributed by atoms with Crippen molar-refractivity contribution in [3.8, 4) is 0 Å². The van der Waals surface area contributed by atoms with Crippen LogP contribution in [0.4, 0.5) is 4.79 Å². The van der Waals surface area contributed by atoms with Crippen molar-refractivity contribution in [1.82, 2.24) is 20.5 Å². The molecule has 0 atom stereocenters. The van der Waals surface area contributed by atoms with E-state index < -0.39 is 0 Å². The summed E-state index contributed by atoms with van der Waals surface area (Å²) in [6, 6.07) is 0.322.